The van der Waals surface area contributed by atoms with Gasteiger partial charge in [0.15, 0.2) is 0 Å². The van der Waals surface area contributed by atoms with Gasteiger partial charge in [0, 0.05) is 12.1 Å². The maximum Gasteiger partial charge on any atom is 0.243 e. The van der Waals surface area contributed by atoms with Crippen LogP contribution in [0, 0.1) is 0 Å². The number of para-hydroxylation sites is 2. The number of halogens is 1. The molecule has 2 amide bonds. The quantitative estimate of drug-likeness (QED) is 0.369. The number of rotatable bonds is 10. The van der Waals surface area contributed by atoms with Crippen molar-refractivity contribution in [1.29, 1.82) is 0 Å². The zero-order valence-corrected chi connectivity index (χ0v) is 18.6. The summed E-state index contributed by atoms with van der Waals surface area (Å²) < 4.78 is 5.88. The molecule has 0 spiro atoms. The van der Waals surface area contributed by atoms with Crippen LogP contribution < -0.4 is 20.7 Å². The summed E-state index contributed by atoms with van der Waals surface area (Å²) in [5.41, 5.74) is 2.80. The molecule has 0 unspecified atom stereocenters. The van der Waals surface area contributed by atoms with Crippen LogP contribution in [0.2, 0.25) is 5.02 Å². The zero-order valence-electron chi connectivity index (χ0n) is 17.9. The molecule has 3 aromatic rings. The molecule has 3 N–H and O–H groups in total. The largest absolute Gasteiger partial charge is 0.487 e. The Bertz CT molecular complexity index is 1060. The number of nitrogens with one attached hydrogen (secondary N) is 3. The van der Waals surface area contributed by atoms with Crippen LogP contribution in [0.3, 0.4) is 0 Å². The van der Waals surface area contributed by atoms with Gasteiger partial charge in [-0.2, -0.15) is 0 Å². The van der Waals surface area contributed by atoms with Crippen LogP contribution in [-0.4, -0.2) is 18.4 Å². The highest BCUT2D eigenvalue weighted by Crippen LogP contribution is 2.27. The highest BCUT2D eigenvalue weighted by atomic mass is 35.5. The molecule has 166 valence electrons. The minimum Gasteiger partial charge on any atom is -0.487 e. The number of ether oxygens (including phenoxy) is 1. The van der Waals surface area contributed by atoms with Crippen molar-refractivity contribution in [3.63, 3.8) is 0 Å². The summed E-state index contributed by atoms with van der Waals surface area (Å²) in [4.78, 5) is 24.3. The normalized spacial score (nSPS) is 10.3. The number of benzene rings is 3. The molecule has 0 aliphatic carbocycles. The van der Waals surface area contributed by atoms with Crippen LogP contribution in [0.4, 0.5) is 17.1 Å². The van der Waals surface area contributed by atoms with Gasteiger partial charge < -0.3 is 20.7 Å². The number of anilines is 3. The molecule has 32 heavy (non-hydrogen) atoms. The molecule has 6 nitrogen and oxygen atoms in total. The predicted octanol–water partition coefficient (Wildman–Crippen LogP) is 5.71. The molecular weight excluding hydrogens is 426 g/mol. The first-order valence-corrected chi connectivity index (χ1v) is 10.8. The Balaban J connectivity index is 1.58. The third-order valence-corrected chi connectivity index (χ3v) is 4.89. The zero-order chi connectivity index (χ0) is 22.8. The van der Waals surface area contributed by atoms with Gasteiger partial charge in [-0.3, -0.25) is 9.59 Å². The molecule has 3 rings (SSSR count). The van der Waals surface area contributed by atoms with Gasteiger partial charge in [0.1, 0.15) is 12.4 Å². The second-order valence-corrected chi connectivity index (χ2v) is 7.57. The van der Waals surface area contributed by atoms with E-state index in [1.165, 1.54) is 0 Å². The molecule has 0 aromatic heterocycles. The third kappa shape index (κ3) is 7.03. The molecule has 0 radical (unpaired) electrons. The van der Waals surface area contributed by atoms with E-state index in [0.29, 0.717) is 40.9 Å². The van der Waals surface area contributed by atoms with Crippen molar-refractivity contribution in [3.8, 4) is 5.75 Å². The molecule has 7 heteroatoms. The summed E-state index contributed by atoms with van der Waals surface area (Å²) in [6.07, 6.45) is 1.21. The smallest absolute Gasteiger partial charge is 0.243 e. The Morgan fingerprint density at radius 1 is 0.875 bits per heavy atom. The molecule has 0 fully saturated rings. The molecular formula is C25H26ClN3O3. The summed E-state index contributed by atoms with van der Waals surface area (Å²) in [7, 11) is 0. The van der Waals surface area contributed by atoms with Gasteiger partial charge in [0.25, 0.3) is 0 Å². The maximum absolute atomic E-state index is 12.5. The lowest BCUT2D eigenvalue weighted by Crippen LogP contribution is -2.22. The average Bonchev–Trinajstić information content (AvgIpc) is 2.79. The number of amides is 2. The number of hydrogen-bond donors (Lipinski definition) is 3. The van der Waals surface area contributed by atoms with Crippen LogP contribution in [0.15, 0.2) is 72.8 Å². The Labute approximate surface area is 192 Å². The van der Waals surface area contributed by atoms with E-state index in [1.807, 2.05) is 55.5 Å². The molecule has 0 saturated heterocycles. The second-order valence-electron chi connectivity index (χ2n) is 7.16. The minimum atomic E-state index is -0.253. The van der Waals surface area contributed by atoms with Gasteiger partial charge >= 0.3 is 0 Å². The van der Waals surface area contributed by atoms with Crippen LogP contribution in [0.1, 0.15) is 25.3 Å². The molecule has 0 heterocycles. The van der Waals surface area contributed by atoms with Gasteiger partial charge in [-0.05, 0) is 42.3 Å². The summed E-state index contributed by atoms with van der Waals surface area (Å²) in [5, 5.41) is 9.16. The number of hydrogen-bond acceptors (Lipinski definition) is 4. The monoisotopic (exact) mass is 451 g/mol. The van der Waals surface area contributed by atoms with E-state index in [9.17, 15) is 9.59 Å². The van der Waals surface area contributed by atoms with Crippen molar-refractivity contribution in [1.82, 2.24) is 0 Å². The predicted molar refractivity (Wildman–Crippen MR) is 129 cm³/mol. The van der Waals surface area contributed by atoms with Crippen molar-refractivity contribution >= 4 is 40.5 Å². The Morgan fingerprint density at radius 3 is 2.41 bits per heavy atom. The summed E-state index contributed by atoms with van der Waals surface area (Å²) >= 11 is 6.24. The summed E-state index contributed by atoms with van der Waals surface area (Å²) in [6.45, 7) is 2.34. The van der Waals surface area contributed by atoms with Gasteiger partial charge in [0.05, 0.1) is 22.9 Å². The highest BCUT2D eigenvalue weighted by molar-refractivity contribution is 6.33. The average molecular weight is 452 g/mol. The Kier molecular flexibility index (Phi) is 8.52. The molecule has 0 aliphatic rings. The molecule has 0 atom stereocenters. The minimum absolute atomic E-state index is 0.000894. The van der Waals surface area contributed by atoms with Gasteiger partial charge in [0.2, 0.25) is 11.8 Å². The van der Waals surface area contributed by atoms with E-state index in [1.54, 1.807) is 24.3 Å². The third-order valence-electron chi connectivity index (χ3n) is 4.56. The van der Waals surface area contributed by atoms with Crippen LogP contribution in [0.5, 0.6) is 5.75 Å². The van der Waals surface area contributed by atoms with Gasteiger partial charge in [-0.25, -0.2) is 0 Å². The lowest BCUT2D eigenvalue weighted by Gasteiger charge is -2.14. The van der Waals surface area contributed by atoms with Crippen molar-refractivity contribution < 1.29 is 14.3 Å². The fraction of sp³-hybridized carbons (Fsp3) is 0.200. The summed E-state index contributed by atoms with van der Waals surface area (Å²) in [6, 6.07) is 22.2. The molecule has 0 bridgehead atoms. The van der Waals surface area contributed by atoms with Crippen molar-refractivity contribution in [2.75, 3.05) is 22.5 Å². The summed E-state index contributed by atoms with van der Waals surface area (Å²) in [5.74, 6) is 0.270. The first kappa shape index (κ1) is 23.2. The van der Waals surface area contributed by atoms with E-state index in [-0.39, 0.29) is 18.4 Å². The number of carbonyl (C=O) groups excluding carboxylic acids is 2. The van der Waals surface area contributed by atoms with Crippen molar-refractivity contribution in [2.24, 2.45) is 0 Å². The SMILES string of the molecule is CCCC(=O)Nc1ccc(Cl)c(NCC(=O)Nc2ccccc2OCc2ccccc2)c1. The van der Waals surface area contributed by atoms with E-state index >= 15 is 0 Å². The van der Waals surface area contributed by atoms with E-state index in [2.05, 4.69) is 16.0 Å². The molecule has 0 saturated carbocycles. The lowest BCUT2D eigenvalue weighted by molar-refractivity contribution is -0.116. The van der Waals surface area contributed by atoms with E-state index < -0.39 is 0 Å². The Morgan fingerprint density at radius 2 is 1.62 bits per heavy atom. The van der Waals surface area contributed by atoms with Gasteiger partial charge in [-0.15, -0.1) is 0 Å². The Hall–Kier alpha value is -3.51. The standard InChI is InChI=1S/C25H26ClN3O3/c1-2-8-24(30)28-19-13-14-20(26)22(15-19)27-16-25(31)29-21-11-6-7-12-23(21)32-17-18-9-4-3-5-10-18/h3-7,9-15,27H,2,8,16-17H2,1H3,(H,28,30)(H,29,31). The van der Waals surface area contributed by atoms with Crippen molar-refractivity contribution in [2.45, 2.75) is 26.4 Å². The molecule has 0 aliphatic heterocycles. The van der Waals surface area contributed by atoms with Crippen LogP contribution in [-0.2, 0) is 16.2 Å². The second kappa shape index (κ2) is 11.8. The van der Waals surface area contributed by atoms with E-state index in [4.69, 9.17) is 16.3 Å². The maximum atomic E-state index is 12.5. The first-order valence-electron chi connectivity index (χ1n) is 10.4. The highest BCUT2D eigenvalue weighted by Gasteiger charge is 2.10. The van der Waals surface area contributed by atoms with Crippen molar-refractivity contribution in [3.05, 3.63) is 83.4 Å². The molecule has 3 aromatic carbocycles. The number of carbonyl (C=O) groups is 2. The van der Waals surface area contributed by atoms with Gasteiger partial charge in [-0.1, -0.05) is 61.0 Å². The fourth-order valence-electron chi connectivity index (χ4n) is 2.99. The first-order chi connectivity index (χ1) is 15.5. The fourth-order valence-corrected chi connectivity index (χ4v) is 3.17. The lowest BCUT2D eigenvalue weighted by atomic mass is 10.2. The van der Waals surface area contributed by atoms with E-state index in [0.717, 1.165) is 12.0 Å². The van der Waals surface area contributed by atoms with Crippen LogP contribution in [0.25, 0.3) is 0 Å². The topological polar surface area (TPSA) is 79.5 Å². The van der Waals surface area contributed by atoms with Crippen LogP contribution >= 0.6 is 11.6 Å².